The molecule has 3 rings (SSSR count). The number of fused-ring (bicyclic) bond motifs is 2. The van der Waals surface area contributed by atoms with Crippen LogP contribution in [-0.2, 0) is 0 Å². The molecule has 60 valence electrons. The smallest absolute Gasteiger partial charge is 0.140 e. The van der Waals surface area contributed by atoms with E-state index >= 15 is 0 Å². The summed E-state index contributed by atoms with van der Waals surface area (Å²) in [5.41, 5.74) is 0. The summed E-state index contributed by atoms with van der Waals surface area (Å²) in [4.78, 5) is 8.46. The summed E-state index contributed by atoms with van der Waals surface area (Å²) < 4.78 is 4.37. The van der Waals surface area contributed by atoms with E-state index in [1.165, 1.54) is 0 Å². The van der Waals surface area contributed by atoms with Crippen molar-refractivity contribution in [1.82, 2.24) is 14.0 Å². The molecular weight excluding hydrogens is 171 g/mol. The highest BCUT2D eigenvalue weighted by atomic mass is 31.1. The third kappa shape index (κ3) is 0.756. The molecule has 0 aromatic carbocycles. The average Bonchev–Trinajstić information content (AvgIpc) is 2.64. The van der Waals surface area contributed by atoms with Crippen molar-refractivity contribution in [1.29, 1.82) is 0 Å². The topological polar surface area (TPSA) is 33.4 Å². The molecule has 0 fully saturated rings. The van der Waals surface area contributed by atoms with E-state index < -0.39 is 0 Å². The second-order valence-corrected chi connectivity index (χ2v) is 3.90. The van der Waals surface area contributed by atoms with Gasteiger partial charge in [0.15, 0.2) is 0 Å². The van der Waals surface area contributed by atoms with Gasteiger partial charge in [-0.25, -0.2) is 9.98 Å². The minimum atomic E-state index is 0.625. The molecule has 12 heavy (non-hydrogen) atoms. The van der Waals surface area contributed by atoms with Crippen LogP contribution in [-0.4, -0.2) is 26.8 Å². The van der Waals surface area contributed by atoms with E-state index in [9.17, 15) is 0 Å². The Morgan fingerprint density at radius 2 is 2.50 bits per heavy atom. The SMILES string of the molecule is C1=NC2=Cc3nccn3PN2C1. The summed E-state index contributed by atoms with van der Waals surface area (Å²) in [6.07, 6.45) is 7.77. The Morgan fingerprint density at radius 1 is 1.50 bits per heavy atom. The number of aromatic nitrogens is 2. The van der Waals surface area contributed by atoms with Crippen LogP contribution in [0.3, 0.4) is 0 Å². The van der Waals surface area contributed by atoms with Crippen molar-refractivity contribution in [2.75, 3.05) is 6.54 Å². The highest BCUT2D eigenvalue weighted by molar-refractivity contribution is 7.33. The van der Waals surface area contributed by atoms with Crippen LogP contribution in [0.15, 0.2) is 23.2 Å². The number of hydrogen-bond acceptors (Lipinski definition) is 3. The van der Waals surface area contributed by atoms with Crippen LogP contribution >= 0.6 is 8.88 Å². The van der Waals surface area contributed by atoms with E-state index in [0.717, 1.165) is 18.2 Å². The summed E-state index contributed by atoms with van der Waals surface area (Å²) >= 11 is 0. The summed E-state index contributed by atoms with van der Waals surface area (Å²) in [6.45, 7) is 0.932. The van der Waals surface area contributed by atoms with Gasteiger partial charge in [-0.3, -0.25) is 4.34 Å². The van der Waals surface area contributed by atoms with Gasteiger partial charge in [0.05, 0.1) is 15.4 Å². The standard InChI is InChI=1S/C7H7N4P/c1-3-10-6(8-1)5-7-9-2-4-11(7)12-10/h1-3,5,12H,4H2. The van der Waals surface area contributed by atoms with Gasteiger partial charge in [0.25, 0.3) is 0 Å². The molecule has 0 aliphatic carbocycles. The van der Waals surface area contributed by atoms with Crippen LogP contribution in [0.4, 0.5) is 0 Å². The van der Waals surface area contributed by atoms with Crippen LogP contribution in [0, 0.1) is 0 Å². The Kier molecular flexibility index (Phi) is 1.15. The van der Waals surface area contributed by atoms with Crippen molar-refractivity contribution >= 4 is 21.2 Å². The molecule has 1 aromatic heterocycles. The average molecular weight is 178 g/mol. The molecule has 2 aliphatic heterocycles. The van der Waals surface area contributed by atoms with E-state index in [1.807, 2.05) is 24.7 Å². The Labute approximate surface area is 71.5 Å². The number of aliphatic imine (C=N–C) groups is 1. The van der Waals surface area contributed by atoms with E-state index in [1.54, 1.807) is 0 Å². The Balaban J connectivity index is 2.14. The van der Waals surface area contributed by atoms with Crippen molar-refractivity contribution in [2.24, 2.45) is 4.99 Å². The van der Waals surface area contributed by atoms with Crippen LogP contribution in [0.5, 0.6) is 0 Å². The maximum absolute atomic E-state index is 4.25. The first-order valence-electron chi connectivity index (χ1n) is 3.75. The zero-order valence-corrected chi connectivity index (χ0v) is 7.31. The highest BCUT2D eigenvalue weighted by Gasteiger charge is 2.19. The Morgan fingerprint density at radius 3 is 3.50 bits per heavy atom. The van der Waals surface area contributed by atoms with E-state index in [4.69, 9.17) is 0 Å². The van der Waals surface area contributed by atoms with Crippen LogP contribution in [0.2, 0.25) is 0 Å². The van der Waals surface area contributed by atoms with Gasteiger partial charge in [-0.2, -0.15) is 0 Å². The van der Waals surface area contributed by atoms with Gasteiger partial charge in [-0.05, 0) is 0 Å². The molecule has 0 radical (unpaired) electrons. The molecule has 1 unspecified atom stereocenters. The fourth-order valence-electron chi connectivity index (χ4n) is 1.34. The first-order chi connectivity index (χ1) is 5.93. The fourth-order valence-corrected chi connectivity index (χ4v) is 2.34. The molecule has 1 aromatic rings. The minimum Gasteiger partial charge on any atom is -0.315 e. The predicted molar refractivity (Wildman–Crippen MR) is 49.1 cm³/mol. The maximum Gasteiger partial charge on any atom is 0.140 e. The molecule has 0 N–H and O–H groups in total. The van der Waals surface area contributed by atoms with Crippen molar-refractivity contribution < 1.29 is 0 Å². The van der Waals surface area contributed by atoms with Crippen LogP contribution in [0.1, 0.15) is 5.82 Å². The van der Waals surface area contributed by atoms with Gasteiger partial charge in [-0.15, -0.1) is 0 Å². The first kappa shape index (κ1) is 6.38. The van der Waals surface area contributed by atoms with E-state index in [2.05, 4.69) is 19.0 Å². The fraction of sp³-hybridized carbons (Fsp3) is 0.143. The maximum atomic E-state index is 4.25. The molecule has 5 heteroatoms. The van der Waals surface area contributed by atoms with Gasteiger partial charge in [0.1, 0.15) is 11.6 Å². The molecule has 3 heterocycles. The Hall–Kier alpha value is -1.15. The largest absolute Gasteiger partial charge is 0.315 e. The molecular formula is C7H7N4P. The lowest BCUT2D eigenvalue weighted by atomic mass is 10.5. The molecule has 0 spiro atoms. The zero-order valence-electron chi connectivity index (χ0n) is 6.31. The number of nitrogens with zero attached hydrogens (tertiary/aromatic N) is 4. The quantitative estimate of drug-likeness (QED) is 0.554. The molecule has 4 nitrogen and oxygen atoms in total. The lowest BCUT2D eigenvalue weighted by Gasteiger charge is -2.22. The molecule has 0 bridgehead atoms. The monoisotopic (exact) mass is 178 g/mol. The van der Waals surface area contributed by atoms with Crippen LogP contribution < -0.4 is 0 Å². The molecule has 0 saturated heterocycles. The minimum absolute atomic E-state index is 0.625. The van der Waals surface area contributed by atoms with Crippen molar-refractivity contribution in [3.63, 3.8) is 0 Å². The van der Waals surface area contributed by atoms with Gasteiger partial charge in [0, 0.05) is 24.7 Å². The summed E-state index contributed by atoms with van der Waals surface area (Å²) in [6, 6.07) is 0. The zero-order chi connectivity index (χ0) is 7.97. The second-order valence-electron chi connectivity index (χ2n) is 2.68. The number of imidazole rings is 1. The van der Waals surface area contributed by atoms with Crippen molar-refractivity contribution in [3.8, 4) is 0 Å². The molecule has 2 aliphatic rings. The molecule has 1 atom stereocenters. The van der Waals surface area contributed by atoms with Gasteiger partial charge < -0.3 is 4.67 Å². The first-order valence-corrected chi connectivity index (χ1v) is 4.65. The summed E-state index contributed by atoms with van der Waals surface area (Å²) in [7, 11) is 0.625. The predicted octanol–water partition coefficient (Wildman–Crippen LogP) is 0.938. The normalized spacial score (nSPS) is 21.0. The lowest BCUT2D eigenvalue weighted by Crippen LogP contribution is -2.14. The van der Waals surface area contributed by atoms with Crippen molar-refractivity contribution in [2.45, 2.75) is 0 Å². The molecule has 0 saturated carbocycles. The third-order valence-electron chi connectivity index (χ3n) is 1.92. The van der Waals surface area contributed by atoms with Gasteiger partial charge in [-0.1, -0.05) is 0 Å². The van der Waals surface area contributed by atoms with E-state index in [-0.39, 0.29) is 0 Å². The van der Waals surface area contributed by atoms with Gasteiger partial charge in [0.2, 0.25) is 0 Å². The van der Waals surface area contributed by atoms with Gasteiger partial charge >= 0.3 is 0 Å². The van der Waals surface area contributed by atoms with Crippen LogP contribution in [0.25, 0.3) is 6.08 Å². The summed E-state index contributed by atoms with van der Waals surface area (Å²) in [5.74, 6) is 2.06. The second kappa shape index (κ2) is 2.17. The summed E-state index contributed by atoms with van der Waals surface area (Å²) in [5, 5.41) is 0. The third-order valence-corrected chi connectivity index (χ3v) is 3.17. The lowest BCUT2D eigenvalue weighted by molar-refractivity contribution is 0.663. The van der Waals surface area contributed by atoms with Crippen molar-refractivity contribution in [3.05, 3.63) is 24.0 Å². The Bertz CT molecular complexity index is 379. The number of rotatable bonds is 0. The van der Waals surface area contributed by atoms with E-state index in [0.29, 0.717) is 8.88 Å². The highest BCUT2D eigenvalue weighted by Crippen LogP contribution is 2.34. The number of hydrogen-bond donors (Lipinski definition) is 0. The molecule has 0 amide bonds.